The van der Waals surface area contributed by atoms with E-state index in [2.05, 4.69) is 18.1 Å². The van der Waals surface area contributed by atoms with Gasteiger partial charge in [-0.3, -0.25) is 9.69 Å². The number of ether oxygens (including phenoxy) is 1. The first kappa shape index (κ1) is 19.6. The average molecular weight is 377 g/mol. The molecule has 3 rings (SSSR count). The third-order valence-corrected chi connectivity index (χ3v) is 6.38. The van der Waals surface area contributed by atoms with Gasteiger partial charge in [0.05, 0.1) is 5.56 Å². The van der Waals surface area contributed by atoms with Crippen molar-refractivity contribution >= 4 is 17.7 Å². The summed E-state index contributed by atoms with van der Waals surface area (Å²) in [6.45, 7) is 6.21. The van der Waals surface area contributed by atoms with Crippen LogP contribution in [-0.4, -0.2) is 66.0 Å². The van der Waals surface area contributed by atoms with Crippen molar-refractivity contribution in [3.05, 3.63) is 29.8 Å². The van der Waals surface area contributed by atoms with Gasteiger partial charge in [0.2, 0.25) is 0 Å². The third-order valence-electron chi connectivity index (χ3n) is 5.56. The Hall–Kier alpha value is -1.20. The molecule has 0 N–H and O–H groups in total. The van der Waals surface area contributed by atoms with Gasteiger partial charge in [-0.05, 0) is 57.4 Å². The number of carbonyl (C=O) groups excluding carboxylic acids is 1. The van der Waals surface area contributed by atoms with E-state index in [4.69, 9.17) is 4.74 Å². The van der Waals surface area contributed by atoms with Crippen LogP contribution >= 0.6 is 11.8 Å². The van der Waals surface area contributed by atoms with E-state index < -0.39 is 0 Å². The Morgan fingerprint density at radius 1 is 1.15 bits per heavy atom. The summed E-state index contributed by atoms with van der Waals surface area (Å²) in [6.07, 6.45) is 7.90. The van der Waals surface area contributed by atoms with Crippen molar-refractivity contribution < 1.29 is 9.53 Å². The summed E-state index contributed by atoms with van der Waals surface area (Å²) in [5, 5.41) is 0. The smallest absolute Gasteiger partial charge is 0.257 e. The number of benzene rings is 1. The maximum atomic E-state index is 12.9. The number of nitrogens with zero attached hydrogens (tertiary/aromatic N) is 2. The molecule has 2 aliphatic heterocycles. The van der Waals surface area contributed by atoms with Crippen molar-refractivity contribution in [3.8, 4) is 5.75 Å². The maximum Gasteiger partial charge on any atom is 0.257 e. The lowest BCUT2D eigenvalue weighted by atomic mass is 10.1. The molecular formula is C21H32N2O2S. The number of likely N-dealkylation sites (tertiary alicyclic amines) is 2. The molecule has 1 amide bonds. The lowest BCUT2D eigenvalue weighted by molar-refractivity contribution is 0.0693. The summed E-state index contributed by atoms with van der Waals surface area (Å²) in [5.74, 6) is 2.07. The van der Waals surface area contributed by atoms with E-state index >= 15 is 0 Å². The zero-order valence-electron chi connectivity index (χ0n) is 16.2. The van der Waals surface area contributed by atoms with E-state index in [0.29, 0.717) is 6.04 Å². The fourth-order valence-corrected chi connectivity index (χ4v) is 4.67. The molecule has 2 aliphatic rings. The van der Waals surface area contributed by atoms with Crippen molar-refractivity contribution in [1.29, 1.82) is 0 Å². The first-order valence-electron chi connectivity index (χ1n) is 9.97. The first-order chi connectivity index (χ1) is 12.7. The van der Waals surface area contributed by atoms with E-state index in [1.54, 1.807) is 0 Å². The molecular weight excluding hydrogens is 344 g/mol. The summed E-state index contributed by atoms with van der Waals surface area (Å²) >= 11 is 1.91. The molecule has 2 saturated heterocycles. The highest BCUT2D eigenvalue weighted by Gasteiger charge is 2.26. The second-order valence-electron chi connectivity index (χ2n) is 7.51. The molecule has 144 valence electrons. The van der Waals surface area contributed by atoms with Crippen LogP contribution in [0.2, 0.25) is 0 Å². The van der Waals surface area contributed by atoms with Gasteiger partial charge >= 0.3 is 0 Å². The fourth-order valence-electron chi connectivity index (χ4n) is 3.97. The molecule has 2 heterocycles. The molecule has 26 heavy (non-hydrogen) atoms. The minimum Gasteiger partial charge on any atom is -0.489 e. The molecule has 0 aromatic heterocycles. The molecule has 5 heteroatoms. The van der Waals surface area contributed by atoms with Crippen LogP contribution in [0.1, 0.15) is 49.4 Å². The van der Waals surface area contributed by atoms with Crippen LogP contribution < -0.4 is 4.74 Å². The van der Waals surface area contributed by atoms with Crippen molar-refractivity contribution in [3.63, 3.8) is 0 Å². The Balaban J connectivity index is 1.60. The highest BCUT2D eigenvalue weighted by Crippen LogP contribution is 2.26. The number of para-hydroxylation sites is 1. The predicted octanol–water partition coefficient (Wildman–Crippen LogP) is 3.91. The van der Waals surface area contributed by atoms with Crippen molar-refractivity contribution in [2.75, 3.05) is 38.2 Å². The topological polar surface area (TPSA) is 32.8 Å². The maximum absolute atomic E-state index is 12.9. The van der Waals surface area contributed by atoms with Gasteiger partial charge in [-0.25, -0.2) is 0 Å². The Labute approximate surface area is 162 Å². The van der Waals surface area contributed by atoms with Crippen LogP contribution in [-0.2, 0) is 0 Å². The SMILES string of the molecule is CSC[C@H](C)N1CCC(Oc2ccccc2C(=O)N2CCCCC2)CC1. The van der Waals surface area contributed by atoms with E-state index in [0.717, 1.165) is 63.2 Å². The van der Waals surface area contributed by atoms with Crippen LogP contribution in [0, 0.1) is 0 Å². The first-order valence-corrected chi connectivity index (χ1v) is 11.4. The van der Waals surface area contributed by atoms with E-state index in [1.165, 1.54) is 12.2 Å². The summed E-state index contributed by atoms with van der Waals surface area (Å²) in [4.78, 5) is 17.5. The van der Waals surface area contributed by atoms with Crippen LogP contribution in [0.5, 0.6) is 5.75 Å². The molecule has 1 atom stereocenters. The number of hydrogen-bond donors (Lipinski definition) is 0. The molecule has 0 aliphatic carbocycles. The molecule has 0 radical (unpaired) electrons. The van der Waals surface area contributed by atoms with Gasteiger partial charge < -0.3 is 9.64 Å². The van der Waals surface area contributed by atoms with Crippen LogP contribution in [0.25, 0.3) is 0 Å². The third kappa shape index (κ3) is 4.95. The molecule has 0 bridgehead atoms. The lowest BCUT2D eigenvalue weighted by Gasteiger charge is -2.36. The molecule has 1 aromatic carbocycles. The molecule has 4 nitrogen and oxygen atoms in total. The Kier molecular flexibility index (Phi) is 7.26. The summed E-state index contributed by atoms with van der Waals surface area (Å²) in [7, 11) is 0. The zero-order chi connectivity index (χ0) is 18.4. The van der Waals surface area contributed by atoms with Crippen LogP contribution in [0.3, 0.4) is 0 Å². The van der Waals surface area contributed by atoms with Crippen LogP contribution in [0.15, 0.2) is 24.3 Å². The monoisotopic (exact) mass is 376 g/mol. The highest BCUT2D eigenvalue weighted by atomic mass is 32.2. The highest BCUT2D eigenvalue weighted by molar-refractivity contribution is 7.98. The summed E-state index contributed by atoms with van der Waals surface area (Å²) < 4.78 is 6.31. The molecule has 0 spiro atoms. The summed E-state index contributed by atoms with van der Waals surface area (Å²) in [5.41, 5.74) is 0.729. The number of hydrogen-bond acceptors (Lipinski definition) is 4. The average Bonchev–Trinajstić information content (AvgIpc) is 2.69. The largest absolute Gasteiger partial charge is 0.489 e. The normalized spacial score (nSPS) is 20.8. The molecule has 1 aromatic rings. The number of thioether (sulfide) groups is 1. The van der Waals surface area contributed by atoms with Gasteiger partial charge in [-0.15, -0.1) is 0 Å². The minimum absolute atomic E-state index is 0.131. The minimum atomic E-state index is 0.131. The van der Waals surface area contributed by atoms with Gasteiger partial charge in [0.1, 0.15) is 11.9 Å². The number of piperidine rings is 2. The van der Waals surface area contributed by atoms with Crippen molar-refractivity contribution in [2.24, 2.45) is 0 Å². The van der Waals surface area contributed by atoms with E-state index in [-0.39, 0.29) is 12.0 Å². The Morgan fingerprint density at radius 2 is 1.85 bits per heavy atom. The zero-order valence-corrected chi connectivity index (χ0v) is 17.0. The van der Waals surface area contributed by atoms with Crippen molar-refractivity contribution in [1.82, 2.24) is 9.80 Å². The number of carbonyl (C=O) groups is 1. The number of rotatable bonds is 6. The van der Waals surface area contributed by atoms with E-state index in [9.17, 15) is 4.79 Å². The van der Waals surface area contributed by atoms with Gasteiger partial charge in [-0.1, -0.05) is 12.1 Å². The van der Waals surface area contributed by atoms with Gasteiger partial charge in [0.15, 0.2) is 0 Å². The number of amides is 1. The Bertz CT molecular complexity index is 581. The molecule has 2 fully saturated rings. The second kappa shape index (κ2) is 9.65. The van der Waals surface area contributed by atoms with Gasteiger partial charge in [0.25, 0.3) is 5.91 Å². The second-order valence-corrected chi connectivity index (χ2v) is 8.42. The van der Waals surface area contributed by atoms with Crippen LogP contribution in [0.4, 0.5) is 0 Å². The van der Waals surface area contributed by atoms with Gasteiger partial charge in [0, 0.05) is 38.0 Å². The van der Waals surface area contributed by atoms with Gasteiger partial charge in [-0.2, -0.15) is 11.8 Å². The Morgan fingerprint density at radius 3 is 2.54 bits per heavy atom. The summed E-state index contributed by atoms with van der Waals surface area (Å²) in [6, 6.07) is 8.41. The lowest BCUT2D eigenvalue weighted by Crippen LogP contribution is -2.44. The quantitative estimate of drug-likeness (QED) is 0.754. The molecule has 0 saturated carbocycles. The predicted molar refractivity (Wildman–Crippen MR) is 109 cm³/mol. The fraction of sp³-hybridized carbons (Fsp3) is 0.667. The van der Waals surface area contributed by atoms with E-state index in [1.807, 2.05) is 40.9 Å². The molecule has 0 unspecified atom stereocenters. The standard InChI is InChI=1S/C21H32N2O2S/c1-17(16-26-2)22-14-10-18(11-15-22)25-20-9-5-4-8-19(20)21(24)23-12-6-3-7-13-23/h4-5,8-9,17-18H,3,6-7,10-16H2,1-2H3/t17-/m0/s1. The van der Waals surface area contributed by atoms with Crippen molar-refractivity contribution in [2.45, 2.75) is 51.2 Å².